The molecule has 1 saturated heterocycles. The number of phenolic OH excluding ortho intramolecular Hbond substituents is 1. The van der Waals surface area contributed by atoms with Gasteiger partial charge in [-0.1, -0.05) is 39.5 Å². The summed E-state index contributed by atoms with van der Waals surface area (Å²) in [6, 6.07) is 5.58. The molecular weight excluding hydrogens is 416 g/mol. The number of aryl methyl sites for hydroxylation is 1. The molecule has 3 aromatic rings. The van der Waals surface area contributed by atoms with Gasteiger partial charge in [0.05, 0.1) is 11.3 Å². The molecule has 1 fully saturated rings. The average Bonchev–Trinajstić information content (AvgIpc) is 3.14. The van der Waals surface area contributed by atoms with E-state index in [-0.39, 0.29) is 17.2 Å². The predicted molar refractivity (Wildman–Crippen MR) is 133 cm³/mol. The summed E-state index contributed by atoms with van der Waals surface area (Å²) in [6.45, 7) is 8.16. The maximum Gasteiger partial charge on any atom is 0.262 e. The molecule has 8 nitrogen and oxygen atoms in total. The second-order valence-corrected chi connectivity index (χ2v) is 9.36. The smallest absolute Gasteiger partial charge is 0.262 e. The van der Waals surface area contributed by atoms with Crippen LogP contribution in [-0.4, -0.2) is 63.0 Å². The number of hydrogen-bond donors (Lipinski definition) is 2. The number of unbranched alkanes of at least 4 members (excludes halogenated alkanes) is 3. The number of piperazine rings is 1. The van der Waals surface area contributed by atoms with Gasteiger partial charge in [0.15, 0.2) is 5.65 Å². The van der Waals surface area contributed by atoms with Crippen LogP contribution in [0.2, 0.25) is 0 Å². The molecule has 4 rings (SSSR count). The molecule has 1 aliphatic rings. The highest BCUT2D eigenvalue weighted by Crippen LogP contribution is 2.32. The summed E-state index contributed by atoms with van der Waals surface area (Å²) in [4.78, 5) is 25.3. The summed E-state index contributed by atoms with van der Waals surface area (Å²) in [5.74, 6) is 0.663. The highest BCUT2D eigenvalue weighted by atomic mass is 16.3. The fourth-order valence-electron chi connectivity index (χ4n) is 4.65. The first-order chi connectivity index (χ1) is 15.9. The largest absolute Gasteiger partial charge is 0.507 e. The summed E-state index contributed by atoms with van der Waals surface area (Å²) in [5, 5.41) is 16.0. The lowest BCUT2D eigenvalue weighted by Gasteiger charge is -2.34. The lowest BCUT2D eigenvalue weighted by molar-refractivity contribution is 0.312. The van der Waals surface area contributed by atoms with E-state index in [0.717, 1.165) is 50.4 Å². The van der Waals surface area contributed by atoms with E-state index in [1.54, 1.807) is 10.7 Å². The van der Waals surface area contributed by atoms with E-state index in [4.69, 9.17) is 4.98 Å². The number of aromatic nitrogens is 4. The Morgan fingerprint density at radius 2 is 1.88 bits per heavy atom. The normalized spacial score (nSPS) is 15.9. The van der Waals surface area contributed by atoms with Crippen LogP contribution < -0.4 is 10.5 Å². The van der Waals surface area contributed by atoms with Crippen molar-refractivity contribution in [1.29, 1.82) is 0 Å². The topological polar surface area (TPSA) is 90.3 Å². The zero-order valence-electron chi connectivity index (χ0n) is 20.3. The number of rotatable bonds is 8. The zero-order valence-corrected chi connectivity index (χ0v) is 20.3. The molecule has 0 spiro atoms. The third-order valence-electron chi connectivity index (χ3n) is 6.78. The number of aromatic hydroxyl groups is 1. The first-order valence-electron chi connectivity index (χ1n) is 12.1. The van der Waals surface area contributed by atoms with E-state index < -0.39 is 0 Å². The molecule has 0 amide bonds. The Kier molecular flexibility index (Phi) is 7.02. The van der Waals surface area contributed by atoms with Gasteiger partial charge in [-0.25, -0.2) is 9.67 Å². The number of fused-ring (bicyclic) bond motifs is 1. The highest BCUT2D eigenvalue weighted by Gasteiger charge is 2.21. The van der Waals surface area contributed by atoms with Crippen LogP contribution in [0.4, 0.5) is 5.69 Å². The summed E-state index contributed by atoms with van der Waals surface area (Å²) >= 11 is 0. The third-order valence-corrected chi connectivity index (χ3v) is 6.78. The van der Waals surface area contributed by atoms with E-state index in [1.807, 2.05) is 19.2 Å². The number of aromatic amines is 1. The maximum atomic E-state index is 13.1. The fourth-order valence-corrected chi connectivity index (χ4v) is 4.65. The van der Waals surface area contributed by atoms with E-state index in [9.17, 15) is 9.90 Å². The molecule has 2 aromatic heterocycles. The van der Waals surface area contributed by atoms with Gasteiger partial charge < -0.3 is 19.9 Å². The lowest BCUT2D eigenvalue weighted by atomic mass is 9.98. The van der Waals surface area contributed by atoms with Gasteiger partial charge >= 0.3 is 0 Å². The van der Waals surface area contributed by atoms with Gasteiger partial charge in [-0.2, -0.15) is 5.10 Å². The molecule has 1 aliphatic heterocycles. The highest BCUT2D eigenvalue weighted by molar-refractivity contribution is 5.80. The number of hydrogen-bond acceptors (Lipinski definition) is 6. The Labute approximate surface area is 195 Å². The van der Waals surface area contributed by atoms with Crippen molar-refractivity contribution < 1.29 is 5.11 Å². The van der Waals surface area contributed by atoms with Crippen LogP contribution in [0.1, 0.15) is 57.6 Å². The van der Waals surface area contributed by atoms with E-state index in [0.29, 0.717) is 22.4 Å². The Bertz CT molecular complexity index is 1160. The number of H-pyrrole nitrogens is 1. The van der Waals surface area contributed by atoms with Gasteiger partial charge in [0, 0.05) is 50.9 Å². The Balaban J connectivity index is 1.62. The van der Waals surface area contributed by atoms with Gasteiger partial charge in [-0.15, -0.1) is 0 Å². The van der Waals surface area contributed by atoms with Gasteiger partial charge in [-0.3, -0.25) is 4.79 Å². The van der Waals surface area contributed by atoms with Crippen LogP contribution in [0.5, 0.6) is 5.75 Å². The molecule has 0 aliphatic carbocycles. The van der Waals surface area contributed by atoms with Crippen molar-refractivity contribution in [3.05, 3.63) is 34.2 Å². The maximum absolute atomic E-state index is 13.1. The van der Waals surface area contributed by atoms with Crippen molar-refractivity contribution in [2.75, 3.05) is 38.1 Å². The zero-order chi connectivity index (χ0) is 23.5. The quantitative estimate of drug-likeness (QED) is 0.505. The van der Waals surface area contributed by atoms with Crippen LogP contribution >= 0.6 is 0 Å². The molecule has 0 radical (unpaired) electrons. The van der Waals surface area contributed by atoms with Crippen molar-refractivity contribution in [1.82, 2.24) is 24.6 Å². The molecule has 178 valence electrons. The van der Waals surface area contributed by atoms with Crippen molar-refractivity contribution >= 4 is 16.7 Å². The van der Waals surface area contributed by atoms with Crippen molar-refractivity contribution in [2.45, 2.75) is 51.9 Å². The van der Waals surface area contributed by atoms with Crippen molar-refractivity contribution in [3.63, 3.8) is 0 Å². The molecule has 0 saturated carbocycles. The van der Waals surface area contributed by atoms with Gasteiger partial charge in [-0.05, 0) is 25.6 Å². The predicted octanol–water partition coefficient (Wildman–Crippen LogP) is 3.85. The third kappa shape index (κ3) is 4.90. The van der Waals surface area contributed by atoms with Crippen LogP contribution in [0.25, 0.3) is 22.4 Å². The van der Waals surface area contributed by atoms with Crippen molar-refractivity contribution in [2.24, 2.45) is 7.05 Å². The molecule has 3 heterocycles. The number of nitrogens with one attached hydrogen (secondary N) is 1. The molecule has 8 heteroatoms. The van der Waals surface area contributed by atoms with Gasteiger partial charge in [0.25, 0.3) is 5.56 Å². The first kappa shape index (κ1) is 23.3. The molecule has 1 unspecified atom stereocenters. The molecule has 1 aromatic carbocycles. The standard InChI is InChI=1S/C25H36N6O2/c1-5-6-7-8-9-17(2)22-21-24(30(4)28-22)26-23(27-25(21)33)19-11-10-18(16-20(19)32)31-14-12-29(3)13-15-31/h10-11,16-17,32H,5-9,12-15H2,1-4H3,(H,26,27,33). The van der Waals surface area contributed by atoms with Crippen LogP contribution in [0.3, 0.4) is 0 Å². The summed E-state index contributed by atoms with van der Waals surface area (Å²) in [6.07, 6.45) is 5.77. The van der Waals surface area contributed by atoms with E-state index in [2.05, 4.69) is 40.8 Å². The van der Waals surface area contributed by atoms with Gasteiger partial charge in [0.1, 0.15) is 17.0 Å². The molecule has 0 bridgehead atoms. The second kappa shape index (κ2) is 9.95. The molecule has 33 heavy (non-hydrogen) atoms. The fraction of sp³-hybridized carbons (Fsp3) is 0.560. The molecule has 2 N–H and O–H groups in total. The monoisotopic (exact) mass is 452 g/mol. The summed E-state index contributed by atoms with van der Waals surface area (Å²) in [7, 11) is 3.94. The number of phenols is 1. The Morgan fingerprint density at radius 1 is 1.12 bits per heavy atom. The minimum absolute atomic E-state index is 0.112. The SMILES string of the molecule is CCCCCCC(C)c1nn(C)c2nc(-c3ccc(N4CCN(C)CC4)cc3O)[nH]c(=O)c12. The molecule has 1 atom stereocenters. The first-order valence-corrected chi connectivity index (χ1v) is 12.1. The number of anilines is 1. The summed E-state index contributed by atoms with van der Waals surface area (Å²) in [5.41, 5.74) is 2.64. The summed E-state index contributed by atoms with van der Waals surface area (Å²) < 4.78 is 1.68. The van der Waals surface area contributed by atoms with E-state index >= 15 is 0 Å². The Hall–Kier alpha value is -2.87. The second-order valence-electron chi connectivity index (χ2n) is 9.36. The van der Waals surface area contributed by atoms with Crippen LogP contribution in [-0.2, 0) is 7.05 Å². The number of benzene rings is 1. The van der Waals surface area contributed by atoms with Gasteiger partial charge in [0.2, 0.25) is 0 Å². The van der Waals surface area contributed by atoms with Crippen LogP contribution in [0, 0.1) is 0 Å². The minimum atomic E-state index is -0.207. The Morgan fingerprint density at radius 3 is 2.58 bits per heavy atom. The van der Waals surface area contributed by atoms with Crippen molar-refractivity contribution in [3.8, 4) is 17.1 Å². The minimum Gasteiger partial charge on any atom is -0.507 e. The molecular formula is C25H36N6O2. The van der Waals surface area contributed by atoms with Crippen LogP contribution in [0.15, 0.2) is 23.0 Å². The average molecular weight is 453 g/mol. The van der Waals surface area contributed by atoms with E-state index in [1.165, 1.54) is 19.3 Å². The number of likely N-dealkylation sites (N-methyl/N-ethyl adjacent to an activating group) is 1. The lowest BCUT2D eigenvalue weighted by Crippen LogP contribution is -2.44. The number of nitrogens with zero attached hydrogens (tertiary/aromatic N) is 5.